The number of benzene rings is 1. The first-order valence-corrected chi connectivity index (χ1v) is 5.95. The molecule has 1 aromatic rings. The lowest BCUT2D eigenvalue weighted by Crippen LogP contribution is -2.17. The van der Waals surface area contributed by atoms with Gasteiger partial charge in [-0.2, -0.15) is 5.26 Å². The Kier molecular flexibility index (Phi) is 7.08. The number of carbonyl (C=O) groups excluding carboxylic acids is 1. The highest BCUT2D eigenvalue weighted by Crippen LogP contribution is 2.15. The Bertz CT molecular complexity index is 374. The van der Waals surface area contributed by atoms with Crippen LogP contribution in [0.25, 0.3) is 0 Å². The summed E-state index contributed by atoms with van der Waals surface area (Å²) in [5, 5.41) is 10.3. The zero-order valence-corrected chi connectivity index (χ0v) is 11.4. The smallest absolute Gasteiger partial charge is 0.293 e. The summed E-state index contributed by atoms with van der Waals surface area (Å²) in [6.45, 7) is 7.95. The summed E-state index contributed by atoms with van der Waals surface area (Å²) in [7, 11) is 0. The fourth-order valence-electron chi connectivity index (χ4n) is 0.803. The van der Waals surface area contributed by atoms with Crippen LogP contribution in [0.4, 0.5) is 0 Å². The molecule has 0 aliphatic rings. The molecular formula is C13H17NO2S. The first-order valence-electron chi connectivity index (χ1n) is 5.13. The van der Waals surface area contributed by atoms with Crippen LogP contribution in [-0.2, 0) is 9.53 Å². The largest absolute Gasteiger partial charge is 0.462 e. The first kappa shape index (κ1) is 15.5. The van der Waals surface area contributed by atoms with Gasteiger partial charge in [-0.25, -0.2) is 0 Å². The van der Waals surface area contributed by atoms with Gasteiger partial charge >= 0.3 is 0 Å². The summed E-state index contributed by atoms with van der Waals surface area (Å²) in [6.07, 6.45) is 0. The predicted molar refractivity (Wildman–Crippen MR) is 69.6 cm³/mol. The molecule has 0 fully saturated rings. The molecule has 0 unspecified atom stereocenters. The van der Waals surface area contributed by atoms with Crippen LogP contribution in [0, 0.1) is 17.6 Å². The van der Waals surface area contributed by atoms with Crippen molar-refractivity contribution in [1.82, 2.24) is 0 Å². The minimum absolute atomic E-state index is 0.318. The molecule has 0 heterocycles. The molecule has 0 N–H and O–H groups in total. The van der Waals surface area contributed by atoms with Gasteiger partial charge in [0.05, 0.1) is 0 Å². The van der Waals surface area contributed by atoms with E-state index in [1.807, 2.05) is 57.4 Å². The highest BCUT2D eigenvalue weighted by Gasteiger charge is 2.07. The van der Waals surface area contributed by atoms with Crippen molar-refractivity contribution in [2.24, 2.45) is 0 Å². The van der Waals surface area contributed by atoms with Gasteiger partial charge in [0, 0.05) is 4.90 Å². The third-order valence-electron chi connectivity index (χ3n) is 1.59. The second kappa shape index (κ2) is 7.75. The van der Waals surface area contributed by atoms with Crippen molar-refractivity contribution < 1.29 is 9.53 Å². The Hall–Kier alpha value is -1.47. The van der Waals surface area contributed by atoms with Crippen molar-refractivity contribution >= 4 is 18.2 Å². The molecule has 92 valence electrons. The van der Waals surface area contributed by atoms with E-state index >= 15 is 0 Å². The van der Waals surface area contributed by atoms with E-state index in [4.69, 9.17) is 5.26 Å². The molecule has 17 heavy (non-hydrogen) atoms. The number of hydrogen-bond acceptors (Lipinski definition) is 4. The number of carbonyl (C=O) groups is 1. The van der Waals surface area contributed by atoms with E-state index in [9.17, 15) is 4.79 Å². The molecular weight excluding hydrogens is 234 g/mol. The lowest BCUT2D eigenvalue weighted by atomic mass is 10.2. The third-order valence-corrected chi connectivity index (χ3v) is 2.19. The summed E-state index contributed by atoms with van der Waals surface area (Å²) in [5.74, 6) is 0. The van der Waals surface area contributed by atoms with Crippen LogP contribution in [0.15, 0.2) is 29.2 Å². The highest BCUT2D eigenvalue weighted by molar-refractivity contribution is 8.03. The molecule has 0 atom stereocenters. The third kappa shape index (κ3) is 9.46. The predicted octanol–water partition coefficient (Wildman–Crippen LogP) is 3.53. The number of nitriles is 1. The van der Waals surface area contributed by atoms with Crippen molar-refractivity contribution in [3.8, 4) is 5.40 Å². The van der Waals surface area contributed by atoms with E-state index in [0.29, 0.717) is 6.47 Å². The van der Waals surface area contributed by atoms with Crippen LogP contribution >= 0.6 is 11.8 Å². The van der Waals surface area contributed by atoms with Crippen molar-refractivity contribution in [3.63, 3.8) is 0 Å². The average molecular weight is 251 g/mol. The van der Waals surface area contributed by atoms with Crippen LogP contribution in [0.3, 0.4) is 0 Å². The molecule has 0 aromatic heterocycles. The summed E-state index contributed by atoms with van der Waals surface area (Å²) >= 11 is 1.19. The number of rotatable bonds is 2. The first-order chi connectivity index (χ1) is 7.89. The van der Waals surface area contributed by atoms with Crippen LogP contribution < -0.4 is 0 Å². The fraction of sp³-hybridized carbons (Fsp3) is 0.385. The van der Waals surface area contributed by atoms with Crippen LogP contribution in [0.2, 0.25) is 0 Å². The summed E-state index contributed by atoms with van der Waals surface area (Å²) < 4.78 is 4.55. The molecule has 1 rings (SSSR count). The van der Waals surface area contributed by atoms with Gasteiger partial charge in [-0.3, -0.25) is 4.79 Å². The van der Waals surface area contributed by atoms with E-state index in [1.54, 1.807) is 0 Å². The Labute approximate surface area is 107 Å². The van der Waals surface area contributed by atoms with Crippen LogP contribution in [0.5, 0.6) is 0 Å². The van der Waals surface area contributed by atoms with E-state index in [0.717, 1.165) is 4.90 Å². The molecule has 0 amide bonds. The number of nitrogens with zero attached hydrogens (tertiary/aromatic N) is 1. The number of thiocyanates is 1. The van der Waals surface area contributed by atoms with Crippen molar-refractivity contribution in [1.29, 1.82) is 5.26 Å². The van der Waals surface area contributed by atoms with Gasteiger partial charge in [0.15, 0.2) is 0 Å². The number of hydrogen-bond donors (Lipinski definition) is 0. The second-order valence-corrected chi connectivity index (χ2v) is 5.19. The molecule has 0 aliphatic carbocycles. The van der Waals surface area contributed by atoms with Crippen molar-refractivity contribution in [2.75, 3.05) is 0 Å². The monoisotopic (exact) mass is 251 g/mol. The van der Waals surface area contributed by atoms with Gasteiger partial charge in [0.1, 0.15) is 11.0 Å². The molecule has 4 heteroatoms. The maximum absolute atomic E-state index is 9.60. The summed E-state index contributed by atoms with van der Waals surface area (Å²) in [4.78, 5) is 10.6. The van der Waals surface area contributed by atoms with Gasteiger partial charge in [-0.15, -0.1) is 0 Å². The van der Waals surface area contributed by atoms with Gasteiger partial charge in [0.25, 0.3) is 6.47 Å². The minimum atomic E-state index is -0.318. The van der Waals surface area contributed by atoms with Gasteiger partial charge < -0.3 is 4.74 Å². The lowest BCUT2D eigenvalue weighted by molar-refractivity contribution is -0.138. The quantitative estimate of drug-likeness (QED) is 0.458. The molecule has 0 saturated carbocycles. The zero-order valence-electron chi connectivity index (χ0n) is 10.6. The Morgan fingerprint density at radius 2 is 1.82 bits per heavy atom. The van der Waals surface area contributed by atoms with Gasteiger partial charge in [-0.05, 0) is 51.6 Å². The van der Waals surface area contributed by atoms with Crippen molar-refractivity contribution in [3.05, 3.63) is 29.8 Å². The molecule has 0 saturated heterocycles. The molecule has 1 aromatic carbocycles. The normalized spacial score (nSPS) is 9.59. The Morgan fingerprint density at radius 1 is 1.29 bits per heavy atom. The van der Waals surface area contributed by atoms with Gasteiger partial charge in [-0.1, -0.05) is 17.7 Å². The number of ether oxygens (including phenoxy) is 1. The van der Waals surface area contributed by atoms with Crippen LogP contribution in [0.1, 0.15) is 26.3 Å². The standard InChI is InChI=1S/C8H7NS.C5H10O2/c1-7-2-4-8(5-3-7)10-6-9;1-5(2,3)7-4-6/h2-5H,1H3;4H,1-3H3. The van der Waals surface area contributed by atoms with Crippen molar-refractivity contribution in [2.45, 2.75) is 38.2 Å². The van der Waals surface area contributed by atoms with E-state index in [1.165, 1.54) is 17.3 Å². The molecule has 3 nitrogen and oxygen atoms in total. The highest BCUT2D eigenvalue weighted by atomic mass is 32.2. The number of thioether (sulfide) groups is 1. The van der Waals surface area contributed by atoms with E-state index in [2.05, 4.69) is 4.74 Å². The fourth-order valence-corrected chi connectivity index (χ4v) is 1.18. The average Bonchev–Trinajstić information content (AvgIpc) is 2.21. The minimum Gasteiger partial charge on any atom is -0.462 e. The Balaban J connectivity index is 0.000000325. The maximum Gasteiger partial charge on any atom is 0.293 e. The Morgan fingerprint density at radius 3 is 2.12 bits per heavy atom. The topological polar surface area (TPSA) is 50.1 Å². The second-order valence-electron chi connectivity index (χ2n) is 4.33. The summed E-state index contributed by atoms with van der Waals surface area (Å²) in [6, 6.07) is 7.89. The molecule has 0 bridgehead atoms. The molecule has 0 aliphatic heterocycles. The zero-order chi connectivity index (χ0) is 13.3. The lowest BCUT2D eigenvalue weighted by Gasteiger charge is -2.14. The summed E-state index contributed by atoms with van der Waals surface area (Å²) in [5.41, 5.74) is 0.907. The van der Waals surface area contributed by atoms with E-state index in [-0.39, 0.29) is 5.60 Å². The van der Waals surface area contributed by atoms with Gasteiger partial charge in [0.2, 0.25) is 0 Å². The SMILES string of the molecule is CC(C)(C)OC=O.Cc1ccc(SC#N)cc1. The molecule has 0 spiro atoms. The number of aryl methyl sites for hydroxylation is 1. The maximum atomic E-state index is 9.60. The molecule has 0 radical (unpaired) electrons. The van der Waals surface area contributed by atoms with E-state index < -0.39 is 0 Å². The van der Waals surface area contributed by atoms with Crippen LogP contribution in [-0.4, -0.2) is 12.1 Å².